The van der Waals surface area contributed by atoms with Crippen molar-refractivity contribution < 1.29 is 4.74 Å². The van der Waals surface area contributed by atoms with Gasteiger partial charge in [-0.3, -0.25) is 0 Å². The van der Waals surface area contributed by atoms with Crippen molar-refractivity contribution in [1.82, 2.24) is 14.8 Å². The van der Waals surface area contributed by atoms with Crippen molar-refractivity contribution in [1.29, 1.82) is 0 Å². The van der Waals surface area contributed by atoms with E-state index in [1.807, 2.05) is 6.92 Å². The summed E-state index contributed by atoms with van der Waals surface area (Å²) in [4.78, 5) is 3.97. The van der Waals surface area contributed by atoms with E-state index in [4.69, 9.17) is 27.9 Å². The lowest BCUT2D eigenvalue weighted by molar-refractivity contribution is 0.113. The Morgan fingerprint density at radius 1 is 1.41 bits per heavy atom. The summed E-state index contributed by atoms with van der Waals surface area (Å²) < 4.78 is 6.88. The van der Waals surface area contributed by atoms with Gasteiger partial charge in [0.25, 0.3) is 0 Å². The van der Waals surface area contributed by atoms with Crippen molar-refractivity contribution in [3.8, 4) is 5.69 Å². The second-order valence-electron chi connectivity index (χ2n) is 3.41. The second kappa shape index (κ2) is 5.04. The molecule has 0 saturated heterocycles. The number of hydrogen-bond acceptors (Lipinski definition) is 3. The van der Waals surface area contributed by atoms with Crippen LogP contribution in [0.5, 0.6) is 0 Å². The first-order valence-electron chi connectivity index (χ1n) is 4.94. The van der Waals surface area contributed by atoms with Crippen LogP contribution in [-0.2, 0) is 4.74 Å². The Hall–Kier alpha value is -1.10. The van der Waals surface area contributed by atoms with Crippen molar-refractivity contribution in [2.45, 2.75) is 13.0 Å². The number of halogens is 2. The molecular formula is C11H10Cl2N3O. The minimum Gasteiger partial charge on any atom is -0.375 e. The summed E-state index contributed by atoms with van der Waals surface area (Å²) in [5, 5.41) is 4.79. The summed E-state index contributed by atoms with van der Waals surface area (Å²) >= 11 is 11.8. The zero-order chi connectivity index (χ0) is 12.4. The highest BCUT2D eigenvalue weighted by molar-refractivity contribution is 6.33. The smallest absolute Gasteiger partial charge is 0.156 e. The van der Waals surface area contributed by atoms with Gasteiger partial charge in [0.15, 0.2) is 5.15 Å². The predicted molar refractivity (Wildman–Crippen MR) is 65.6 cm³/mol. The third kappa shape index (κ3) is 2.44. The summed E-state index contributed by atoms with van der Waals surface area (Å²) in [5.41, 5.74) is 1.43. The summed E-state index contributed by atoms with van der Waals surface area (Å²) in [7, 11) is 1.62. The predicted octanol–water partition coefficient (Wildman–Crippen LogP) is 3.08. The van der Waals surface area contributed by atoms with Gasteiger partial charge in [0.05, 0.1) is 18.0 Å². The molecule has 2 aromatic heterocycles. The summed E-state index contributed by atoms with van der Waals surface area (Å²) in [5.74, 6) is 0. The van der Waals surface area contributed by atoms with Gasteiger partial charge >= 0.3 is 0 Å². The minimum atomic E-state index is -0.135. The lowest BCUT2D eigenvalue weighted by atomic mass is 10.3. The van der Waals surface area contributed by atoms with E-state index >= 15 is 0 Å². The van der Waals surface area contributed by atoms with Crippen LogP contribution >= 0.6 is 23.2 Å². The van der Waals surface area contributed by atoms with Crippen LogP contribution in [0.2, 0.25) is 10.3 Å². The fraction of sp³-hybridized carbons (Fsp3) is 0.273. The number of methoxy groups -OCH3 is 1. The molecule has 4 nitrogen and oxygen atoms in total. The number of pyridine rings is 1. The molecule has 0 aliphatic carbocycles. The Bertz CT molecular complexity index is 527. The van der Waals surface area contributed by atoms with Gasteiger partial charge in [0.2, 0.25) is 0 Å². The zero-order valence-corrected chi connectivity index (χ0v) is 10.8. The molecule has 2 aromatic rings. The van der Waals surface area contributed by atoms with Gasteiger partial charge in [0.1, 0.15) is 10.8 Å². The first kappa shape index (κ1) is 12.4. The van der Waals surface area contributed by atoms with Crippen molar-refractivity contribution in [2.75, 3.05) is 7.11 Å². The van der Waals surface area contributed by atoms with Crippen LogP contribution in [0.4, 0.5) is 0 Å². The van der Waals surface area contributed by atoms with Crippen LogP contribution < -0.4 is 0 Å². The molecule has 0 aliphatic rings. The van der Waals surface area contributed by atoms with Gasteiger partial charge in [-0.05, 0) is 19.1 Å². The number of nitrogens with zero attached hydrogens (tertiary/aromatic N) is 3. The summed E-state index contributed by atoms with van der Waals surface area (Å²) in [6.07, 6.45) is 1.43. The van der Waals surface area contributed by atoms with E-state index in [-0.39, 0.29) is 6.10 Å². The van der Waals surface area contributed by atoms with E-state index in [2.05, 4.69) is 16.1 Å². The fourth-order valence-corrected chi connectivity index (χ4v) is 1.86. The fourth-order valence-electron chi connectivity index (χ4n) is 1.43. The van der Waals surface area contributed by atoms with Crippen LogP contribution in [0, 0.1) is 6.07 Å². The molecule has 89 valence electrons. The number of aromatic nitrogens is 3. The highest BCUT2D eigenvalue weighted by Crippen LogP contribution is 2.24. The molecule has 0 spiro atoms. The molecule has 2 rings (SSSR count). The van der Waals surface area contributed by atoms with Crippen molar-refractivity contribution in [3.05, 3.63) is 40.4 Å². The largest absolute Gasteiger partial charge is 0.375 e. The molecule has 2 heterocycles. The average Bonchev–Trinajstić information content (AvgIpc) is 2.77. The van der Waals surface area contributed by atoms with Crippen molar-refractivity contribution >= 4 is 23.2 Å². The zero-order valence-electron chi connectivity index (χ0n) is 9.32. The van der Waals surface area contributed by atoms with Crippen LogP contribution in [0.25, 0.3) is 5.69 Å². The lowest BCUT2D eigenvalue weighted by Gasteiger charge is -2.13. The Balaban J connectivity index is 2.50. The second-order valence-corrected chi connectivity index (χ2v) is 4.15. The molecule has 0 saturated carbocycles. The van der Waals surface area contributed by atoms with Crippen molar-refractivity contribution in [3.63, 3.8) is 0 Å². The van der Waals surface area contributed by atoms with Crippen LogP contribution in [-0.4, -0.2) is 21.9 Å². The maximum Gasteiger partial charge on any atom is 0.156 e. The quantitative estimate of drug-likeness (QED) is 0.805. The standard InChI is InChI=1S/C11H10Cl2N3O/c1-7(17-2)8-5-6-14-16(8)9-3-4-10(12)15-11(9)13/h3-4,6-7H,1-2H3. The molecule has 6 heteroatoms. The molecule has 0 N–H and O–H groups in total. The Morgan fingerprint density at radius 2 is 2.18 bits per heavy atom. The molecule has 17 heavy (non-hydrogen) atoms. The van der Waals surface area contributed by atoms with E-state index < -0.39 is 0 Å². The van der Waals surface area contributed by atoms with Gasteiger partial charge < -0.3 is 4.74 Å². The molecular weight excluding hydrogens is 261 g/mol. The number of ether oxygens (including phenoxy) is 1. The summed E-state index contributed by atoms with van der Waals surface area (Å²) in [6, 6.07) is 6.42. The first-order chi connectivity index (χ1) is 8.13. The topological polar surface area (TPSA) is 39.9 Å². The summed E-state index contributed by atoms with van der Waals surface area (Å²) in [6.45, 7) is 1.90. The van der Waals surface area contributed by atoms with E-state index in [0.717, 1.165) is 5.69 Å². The maximum absolute atomic E-state index is 6.03. The third-order valence-electron chi connectivity index (χ3n) is 2.38. The van der Waals surface area contributed by atoms with Gasteiger partial charge in [-0.2, -0.15) is 5.10 Å². The molecule has 0 amide bonds. The molecule has 1 radical (unpaired) electrons. The minimum absolute atomic E-state index is 0.135. The highest BCUT2D eigenvalue weighted by atomic mass is 35.5. The average molecular weight is 271 g/mol. The highest BCUT2D eigenvalue weighted by Gasteiger charge is 2.15. The van der Waals surface area contributed by atoms with Crippen LogP contribution in [0.3, 0.4) is 0 Å². The van der Waals surface area contributed by atoms with E-state index in [0.29, 0.717) is 16.0 Å². The molecule has 1 unspecified atom stereocenters. The third-order valence-corrected chi connectivity index (χ3v) is 2.86. The lowest BCUT2D eigenvalue weighted by Crippen LogP contribution is -2.07. The van der Waals surface area contributed by atoms with Gasteiger partial charge in [0, 0.05) is 13.2 Å². The van der Waals surface area contributed by atoms with Crippen LogP contribution in [0.15, 0.2) is 18.3 Å². The molecule has 0 aromatic carbocycles. The van der Waals surface area contributed by atoms with E-state index in [1.165, 1.54) is 0 Å². The monoisotopic (exact) mass is 270 g/mol. The number of rotatable bonds is 3. The van der Waals surface area contributed by atoms with Gasteiger partial charge in [-0.25, -0.2) is 9.67 Å². The molecule has 1 atom stereocenters. The molecule has 0 fully saturated rings. The molecule has 0 aliphatic heterocycles. The Morgan fingerprint density at radius 3 is 2.82 bits per heavy atom. The number of hydrogen-bond donors (Lipinski definition) is 0. The molecule has 0 bridgehead atoms. The van der Waals surface area contributed by atoms with Crippen molar-refractivity contribution in [2.24, 2.45) is 0 Å². The van der Waals surface area contributed by atoms with Gasteiger partial charge in [-0.15, -0.1) is 0 Å². The maximum atomic E-state index is 6.03. The van der Waals surface area contributed by atoms with E-state index in [1.54, 1.807) is 30.1 Å². The SMILES string of the molecule is COC(C)c1[c]cnn1-c1ccc(Cl)nc1Cl. The Kier molecular flexibility index (Phi) is 3.66. The van der Waals surface area contributed by atoms with Gasteiger partial charge in [-0.1, -0.05) is 23.2 Å². The normalized spacial score (nSPS) is 12.7. The Labute approximate surface area is 109 Å². The van der Waals surface area contributed by atoms with Crippen LogP contribution in [0.1, 0.15) is 18.7 Å². The van der Waals surface area contributed by atoms with E-state index in [9.17, 15) is 0 Å². The first-order valence-corrected chi connectivity index (χ1v) is 5.70.